The van der Waals surface area contributed by atoms with Crippen molar-refractivity contribution in [2.45, 2.75) is 38.6 Å². The highest BCUT2D eigenvalue weighted by Gasteiger charge is 2.42. The van der Waals surface area contributed by atoms with E-state index in [0.29, 0.717) is 26.1 Å². The molecule has 0 bridgehead atoms. The van der Waals surface area contributed by atoms with Crippen molar-refractivity contribution >= 4 is 11.8 Å². The van der Waals surface area contributed by atoms with Gasteiger partial charge in [0, 0.05) is 43.8 Å². The van der Waals surface area contributed by atoms with Crippen LogP contribution >= 0.6 is 0 Å². The Bertz CT molecular complexity index is 757. The summed E-state index contributed by atoms with van der Waals surface area (Å²) in [7, 11) is 2.06. The molecular weight excluding hydrogens is 320 g/mol. The lowest BCUT2D eigenvalue weighted by Crippen LogP contribution is -2.62. The highest BCUT2D eigenvalue weighted by molar-refractivity contribution is 5.94. The number of nitrogens with zero attached hydrogens (tertiary/aromatic N) is 2. The van der Waals surface area contributed by atoms with Gasteiger partial charge in [-0.15, -0.1) is 0 Å². The SMILES string of the molecule is Cc1cc(C(=O)N2CCN(C)C3(CCNC(=O)CC3)C2)c(=O)[nH]c1C. The van der Waals surface area contributed by atoms with Gasteiger partial charge in [-0.3, -0.25) is 19.3 Å². The molecule has 2 fully saturated rings. The van der Waals surface area contributed by atoms with E-state index in [1.165, 1.54) is 0 Å². The minimum atomic E-state index is -0.334. The monoisotopic (exact) mass is 346 g/mol. The van der Waals surface area contributed by atoms with Crippen LogP contribution in [0.2, 0.25) is 0 Å². The second-order valence-electron chi connectivity index (χ2n) is 7.29. The van der Waals surface area contributed by atoms with Gasteiger partial charge in [0.2, 0.25) is 5.91 Å². The molecule has 1 spiro atoms. The number of likely N-dealkylation sites (N-methyl/N-ethyl adjacent to an activating group) is 1. The molecule has 136 valence electrons. The first-order valence-corrected chi connectivity index (χ1v) is 8.80. The highest BCUT2D eigenvalue weighted by atomic mass is 16.2. The fraction of sp³-hybridized carbons (Fsp3) is 0.611. The van der Waals surface area contributed by atoms with Crippen LogP contribution in [-0.4, -0.2) is 65.4 Å². The number of carbonyl (C=O) groups is 2. The minimum absolute atomic E-state index is 0.0688. The molecule has 1 aromatic heterocycles. The van der Waals surface area contributed by atoms with Crippen LogP contribution < -0.4 is 10.9 Å². The van der Waals surface area contributed by atoms with Crippen LogP contribution in [0.1, 0.15) is 40.9 Å². The van der Waals surface area contributed by atoms with Crippen LogP contribution in [0.5, 0.6) is 0 Å². The molecule has 2 N–H and O–H groups in total. The van der Waals surface area contributed by atoms with Crippen LogP contribution in [0.3, 0.4) is 0 Å². The molecule has 2 amide bonds. The van der Waals surface area contributed by atoms with Crippen LogP contribution in [0, 0.1) is 13.8 Å². The summed E-state index contributed by atoms with van der Waals surface area (Å²) in [5.74, 6) is -0.153. The summed E-state index contributed by atoms with van der Waals surface area (Å²) in [6.07, 6.45) is 2.00. The third kappa shape index (κ3) is 3.33. The van der Waals surface area contributed by atoms with Crippen molar-refractivity contribution in [1.29, 1.82) is 0 Å². The summed E-state index contributed by atoms with van der Waals surface area (Å²) in [4.78, 5) is 43.7. The van der Waals surface area contributed by atoms with Crippen molar-refractivity contribution < 1.29 is 9.59 Å². The van der Waals surface area contributed by atoms with E-state index in [0.717, 1.165) is 30.6 Å². The molecule has 1 aromatic rings. The predicted molar refractivity (Wildman–Crippen MR) is 94.7 cm³/mol. The average Bonchev–Trinajstić information content (AvgIpc) is 2.76. The summed E-state index contributed by atoms with van der Waals surface area (Å²) >= 11 is 0. The number of amides is 2. The van der Waals surface area contributed by atoms with Gasteiger partial charge in [-0.25, -0.2) is 0 Å². The lowest BCUT2D eigenvalue weighted by atomic mass is 9.86. The molecule has 7 heteroatoms. The van der Waals surface area contributed by atoms with E-state index in [1.807, 2.05) is 13.8 Å². The third-order valence-corrected chi connectivity index (χ3v) is 5.75. The molecule has 0 aromatic carbocycles. The fourth-order valence-electron chi connectivity index (χ4n) is 3.83. The van der Waals surface area contributed by atoms with E-state index in [9.17, 15) is 14.4 Å². The first-order valence-electron chi connectivity index (χ1n) is 8.80. The number of pyridine rings is 1. The first kappa shape index (κ1) is 17.7. The number of aromatic nitrogens is 1. The summed E-state index contributed by atoms with van der Waals surface area (Å²) in [5, 5.41) is 2.91. The number of aryl methyl sites for hydroxylation is 2. The summed E-state index contributed by atoms with van der Waals surface area (Å²) in [6, 6.07) is 1.68. The van der Waals surface area contributed by atoms with Gasteiger partial charge in [-0.2, -0.15) is 0 Å². The van der Waals surface area contributed by atoms with E-state index < -0.39 is 0 Å². The van der Waals surface area contributed by atoms with Crippen molar-refractivity contribution in [2.24, 2.45) is 0 Å². The zero-order valence-corrected chi connectivity index (χ0v) is 15.1. The van der Waals surface area contributed by atoms with Gasteiger partial charge < -0.3 is 15.2 Å². The maximum atomic E-state index is 13.0. The molecule has 1 unspecified atom stereocenters. The fourth-order valence-corrected chi connectivity index (χ4v) is 3.83. The molecule has 2 aliphatic heterocycles. The van der Waals surface area contributed by atoms with Crippen molar-refractivity contribution in [3.05, 3.63) is 33.2 Å². The lowest BCUT2D eigenvalue weighted by molar-refractivity contribution is -0.121. The number of H-pyrrole nitrogens is 1. The second-order valence-corrected chi connectivity index (χ2v) is 7.29. The molecule has 0 aliphatic carbocycles. The van der Waals surface area contributed by atoms with Crippen molar-refractivity contribution in [3.8, 4) is 0 Å². The molecule has 3 rings (SSSR count). The van der Waals surface area contributed by atoms with Gasteiger partial charge in [-0.05, 0) is 45.4 Å². The topological polar surface area (TPSA) is 85.5 Å². The van der Waals surface area contributed by atoms with Gasteiger partial charge in [-0.1, -0.05) is 0 Å². The maximum absolute atomic E-state index is 13.0. The van der Waals surface area contributed by atoms with Crippen LogP contribution in [-0.2, 0) is 4.79 Å². The predicted octanol–water partition coefficient (Wildman–Crippen LogP) is 0.418. The Morgan fingerprint density at radius 2 is 1.96 bits per heavy atom. The molecule has 7 nitrogen and oxygen atoms in total. The van der Waals surface area contributed by atoms with E-state index >= 15 is 0 Å². The molecule has 2 saturated heterocycles. The van der Waals surface area contributed by atoms with Gasteiger partial charge in [0.05, 0.1) is 0 Å². The van der Waals surface area contributed by atoms with Gasteiger partial charge in [0.25, 0.3) is 11.5 Å². The molecule has 25 heavy (non-hydrogen) atoms. The Labute approximate surface area is 147 Å². The van der Waals surface area contributed by atoms with Gasteiger partial charge >= 0.3 is 0 Å². The normalized spacial score (nSPS) is 24.9. The van der Waals surface area contributed by atoms with Crippen molar-refractivity contribution in [1.82, 2.24) is 20.1 Å². The number of hydrogen-bond acceptors (Lipinski definition) is 4. The molecular formula is C18H26N4O3. The van der Waals surface area contributed by atoms with Crippen molar-refractivity contribution in [3.63, 3.8) is 0 Å². The Balaban J connectivity index is 1.86. The number of rotatable bonds is 1. The Hall–Kier alpha value is -2.15. The van der Waals surface area contributed by atoms with Crippen molar-refractivity contribution in [2.75, 3.05) is 33.2 Å². The number of nitrogens with one attached hydrogen (secondary N) is 2. The van der Waals surface area contributed by atoms with Gasteiger partial charge in [0.1, 0.15) is 5.56 Å². The zero-order chi connectivity index (χ0) is 18.2. The quantitative estimate of drug-likeness (QED) is 0.772. The molecule has 0 saturated carbocycles. The van der Waals surface area contributed by atoms with Crippen LogP contribution in [0.4, 0.5) is 0 Å². The number of piperazine rings is 1. The lowest BCUT2D eigenvalue weighted by Gasteiger charge is -2.49. The Morgan fingerprint density at radius 1 is 1.20 bits per heavy atom. The molecule has 3 heterocycles. The second kappa shape index (κ2) is 6.63. The number of carbonyl (C=O) groups excluding carboxylic acids is 2. The smallest absolute Gasteiger partial charge is 0.261 e. The van der Waals surface area contributed by atoms with E-state index in [-0.39, 0.29) is 28.5 Å². The highest BCUT2D eigenvalue weighted by Crippen LogP contribution is 2.30. The summed E-state index contributed by atoms with van der Waals surface area (Å²) < 4.78 is 0. The van der Waals surface area contributed by atoms with Gasteiger partial charge in [0.15, 0.2) is 0 Å². The third-order valence-electron chi connectivity index (χ3n) is 5.75. The first-order chi connectivity index (χ1) is 11.8. The zero-order valence-electron chi connectivity index (χ0n) is 15.1. The standard InChI is InChI=1S/C18H26N4O3/c1-12-10-14(16(24)20-13(12)2)17(25)22-9-8-21(3)18(11-22)5-4-15(23)19-7-6-18/h10H,4-9,11H2,1-3H3,(H,19,23)(H,20,24). The average molecular weight is 346 g/mol. The Morgan fingerprint density at radius 3 is 2.72 bits per heavy atom. The molecule has 2 aliphatic rings. The minimum Gasteiger partial charge on any atom is -0.356 e. The molecule has 0 radical (unpaired) electrons. The van der Waals surface area contributed by atoms with Crippen LogP contribution in [0.25, 0.3) is 0 Å². The number of aromatic amines is 1. The van der Waals surface area contributed by atoms with E-state index in [1.54, 1.807) is 11.0 Å². The van der Waals surface area contributed by atoms with E-state index in [2.05, 4.69) is 22.2 Å². The largest absolute Gasteiger partial charge is 0.356 e. The van der Waals surface area contributed by atoms with Crippen LogP contribution in [0.15, 0.2) is 10.9 Å². The number of hydrogen-bond donors (Lipinski definition) is 2. The summed E-state index contributed by atoms with van der Waals surface area (Å²) in [6.45, 7) is 6.20. The maximum Gasteiger partial charge on any atom is 0.261 e. The molecule has 1 atom stereocenters. The van der Waals surface area contributed by atoms with E-state index in [4.69, 9.17) is 0 Å². The Kier molecular flexibility index (Phi) is 4.69. The summed E-state index contributed by atoms with van der Waals surface area (Å²) in [5.41, 5.74) is 1.34.